The Morgan fingerprint density at radius 1 is 0.926 bits per heavy atom. The molecule has 0 aliphatic rings. The molecule has 0 radical (unpaired) electrons. The summed E-state index contributed by atoms with van der Waals surface area (Å²) in [5, 5.41) is 27.0. The molecule has 2 aromatic carbocycles. The molecule has 0 aliphatic heterocycles. The second kappa shape index (κ2) is 7.44. The van der Waals surface area contributed by atoms with E-state index in [1.807, 2.05) is 18.2 Å². The summed E-state index contributed by atoms with van der Waals surface area (Å²) in [6, 6.07) is 13.5. The molecular formula is C21H18N2O3S. The van der Waals surface area contributed by atoms with Crippen LogP contribution in [-0.2, 0) is 13.2 Å². The van der Waals surface area contributed by atoms with Gasteiger partial charge in [-0.05, 0) is 69.8 Å². The van der Waals surface area contributed by atoms with Gasteiger partial charge >= 0.3 is 0 Å². The molecule has 2 aromatic heterocycles. The van der Waals surface area contributed by atoms with Gasteiger partial charge in [0.25, 0.3) is 5.89 Å². The molecular weight excluding hydrogens is 360 g/mol. The van der Waals surface area contributed by atoms with Crippen LogP contribution in [0.15, 0.2) is 57.7 Å². The topological polar surface area (TPSA) is 79.4 Å². The van der Waals surface area contributed by atoms with Gasteiger partial charge in [-0.2, -0.15) is 16.3 Å². The highest BCUT2D eigenvalue weighted by Crippen LogP contribution is 2.30. The lowest BCUT2D eigenvalue weighted by Crippen LogP contribution is -1.95. The van der Waals surface area contributed by atoms with Gasteiger partial charge in [-0.25, -0.2) is 0 Å². The summed E-state index contributed by atoms with van der Waals surface area (Å²) in [5.74, 6) is 0.894. The van der Waals surface area contributed by atoms with Crippen molar-refractivity contribution in [2.24, 2.45) is 0 Å². The summed E-state index contributed by atoms with van der Waals surface area (Å²) in [6.07, 6.45) is 0. The molecule has 27 heavy (non-hydrogen) atoms. The Labute approximate surface area is 160 Å². The first-order chi connectivity index (χ1) is 13.2. The zero-order valence-corrected chi connectivity index (χ0v) is 15.5. The van der Waals surface area contributed by atoms with Crippen LogP contribution >= 0.6 is 11.3 Å². The van der Waals surface area contributed by atoms with Crippen molar-refractivity contribution in [3.63, 3.8) is 0 Å². The van der Waals surface area contributed by atoms with Crippen LogP contribution in [0, 0.1) is 6.92 Å². The van der Waals surface area contributed by atoms with E-state index in [-0.39, 0.29) is 13.2 Å². The van der Waals surface area contributed by atoms with E-state index in [1.165, 1.54) is 11.1 Å². The molecule has 0 spiro atoms. The average Bonchev–Trinajstić information content (AvgIpc) is 3.39. The average molecular weight is 378 g/mol. The van der Waals surface area contributed by atoms with Crippen LogP contribution in [0.2, 0.25) is 0 Å². The standard InChI is InChI=1S/C21H18N2O3S/c1-13-8-15(4-5-19(13)17-6-7-27-12-17)21-22-20(23-26-21)14-2-3-16(10-24)18(9-14)11-25/h2-9,12,24-25H,10-11H2,1H3. The van der Waals surface area contributed by atoms with E-state index in [0.717, 1.165) is 16.7 Å². The zero-order valence-electron chi connectivity index (χ0n) is 14.7. The molecule has 0 bridgehead atoms. The van der Waals surface area contributed by atoms with Crippen molar-refractivity contribution in [3.05, 3.63) is 69.9 Å². The SMILES string of the molecule is Cc1cc(-c2nc(-c3ccc(CO)c(CO)c3)no2)ccc1-c1ccsc1. The number of aryl methyl sites for hydroxylation is 1. The maximum absolute atomic E-state index is 9.46. The van der Waals surface area contributed by atoms with Crippen molar-refractivity contribution in [2.75, 3.05) is 0 Å². The molecule has 2 heterocycles. The third kappa shape index (κ3) is 3.42. The lowest BCUT2D eigenvalue weighted by atomic mass is 10.0. The lowest BCUT2D eigenvalue weighted by molar-refractivity contribution is 0.260. The number of nitrogens with zero attached hydrogens (tertiary/aromatic N) is 2. The Hall–Kier alpha value is -2.80. The summed E-state index contributed by atoms with van der Waals surface area (Å²) in [4.78, 5) is 4.50. The van der Waals surface area contributed by atoms with Gasteiger partial charge in [0.1, 0.15) is 0 Å². The van der Waals surface area contributed by atoms with Crippen LogP contribution in [0.4, 0.5) is 0 Å². The van der Waals surface area contributed by atoms with Crippen molar-refractivity contribution in [1.82, 2.24) is 10.1 Å². The molecule has 0 amide bonds. The van der Waals surface area contributed by atoms with Gasteiger partial charge in [0.2, 0.25) is 5.82 Å². The van der Waals surface area contributed by atoms with Gasteiger partial charge in [0, 0.05) is 11.1 Å². The number of aliphatic hydroxyl groups is 2. The number of aromatic nitrogens is 2. The summed E-state index contributed by atoms with van der Waals surface area (Å²) >= 11 is 1.68. The Morgan fingerprint density at radius 3 is 2.44 bits per heavy atom. The lowest BCUT2D eigenvalue weighted by Gasteiger charge is -2.05. The van der Waals surface area contributed by atoms with Crippen LogP contribution in [0.3, 0.4) is 0 Å². The number of aliphatic hydroxyl groups excluding tert-OH is 2. The minimum atomic E-state index is -0.155. The second-order valence-corrected chi connectivity index (χ2v) is 7.04. The zero-order chi connectivity index (χ0) is 18.8. The van der Waals surface area contributed by atoms with Gasteiger partial charge < -0.3 is 14.7 Å². The normalized spacial score (nSPS) is 11.1. The van der Waals surface area contributed by atoms with Crippen LogP contribution in [-0.4, -0.2) is 20.4 Å². The summed E-state index contributed by atoms with van der Waals surface area (Å²) in [7, 11) is 0. The van der Waals surface area contributed by atoms with Gasteiger partial charge in [0.05, 0.1) is 13.2 Å². The van der Waals surface area contributed by atoms with Crippen molar-refractivity contribution >= 4 is 11.3 Å². The fourth-order valence-corrected chi connectivity index (χ4v) is 3.72. The minimum absolute atomic E-state index is 0.122. The summed E-state index contributed by atoms with van der Waals surface area (Å²) in [6.45, 7) is 1.79. The highest BCUT2D eigenvalue weighted by atomic mass is 32.1. The number of benzene rings is 2. The third-order valence-electron chi connectivity index (χ3n) is 4.54. The Kier molecular flexibility index (Phi) is 4.85. The largest absolute Gasteiger partial charge is 0.392 e. The van der Waals surface area contributed by atoms with E-state index in [4.69, 9.17) is 4.52 Å². The van der Waals surface area contributed by atoms with Crippen molar-refractivity contribution in [2.45, 2.75) is 20.1 Å². The van der Waals surface area contributed by atoms with Crippen molar-refractivity contribution < 1.29 is 14.7 Å². The molecule has 5 nitrogen and oxygen atoms in total. The number of hydrogen-bond acceptors (Lipinski definition) is 6. The van der Waals surface area contributed by atoms with Crippen LogP contribution in [0.1, 0.15) is 16.7 Å². The van der Waals surface area contributed by atoms with Crippen LogP contribution in [0.25, 0.3) is 34.0 Å². The number of rotatable bonds is 5. The molecule has 4 aromatic rings. The fourth-order valence-electron chi connectivity index (χ4n) is 3.06. The predicted molar refractivity (Wildman–Crippen MR) is 105 cm³/mol. The molecule has 0 saturated heterocycles. The van der Waals surface area contributed by atoms with Gasteiger partial charge in [-0.15, -0.1) is 0 Å². The smallest absolute Gasteiger partial charge is 0.258 e. The molecule has 0 aliphatic carbocycles. The first-order valence-corrected chi connectivity index (χ1v) is 9.45. The second-order valence-electron chi connectivity index (χ2n) is 6.26. The van der Waals surface area contributed by atoms with Crippen LogP contribution in [0.5, 0.6) is 0 Å². The van der Waals surface area contributed by atoms with Crippen LogP contribution < -0.4 is 0 Å². The third-order valence-corrected chi connectivity index (χ3v) is 5.22. The molecule has 2 N–H and O–H groups in total. The predicted octanol–water partition coefficient (Wildman–Crippen LogP) is 4.43. The molecule has 4 rings (SSSR count). The molecule has 0 unspecified atom stereocenters. The first kappa shape index (κ1) is 17.6. The highest BCUT2D eigenvalue weighted by Gasteiger charge is 2.14. The van der Waals surface area contributed by atoms with E-state index in [2.05, 4.69) is 40.0 Å². The summed E-state index contributed by atoms with van der Waals surface area (Å²) in [5.41, 5.74) is 6.46. The number of thiophene rings is 1. The molecule has 136 valence electrons. The van der Waals surface area contributed by atoms with E-state index in [0.29, 0.717) is 22.8 Å². The van der Waals surface area contributed by atoms with E-state index in [9.17, 15) is 10.2 Å². The highest BCUT2D eigenvalue weighted by molar-refractivity contribution is 7.08. The van der Waals surface area contributed by atoms with E-state index in [1.54, 1.807) is 23.5 Å². The Morgan fingerprint density at radius 2 is 1.74 bits per heavy atom. The molecule has 6 heteroatoms. The summed E-state index contributed by atoms with van der Waals surface area (Å²) < 4.78 is 5.45. The first-order valence-electron chi connectivity index (χ1n) is 8.51. The molecule has 0 saturated carbocycles. The minimum Gasteiger partial charge on any atom is -0.392 e. The maximum Gasteiger partial charge on any atom is 0.258 e. The Bertz CT molecular complexity index is 1070. The Balaban J connectivity index is 1.66. The van der Waals surface area contributed by atoms with E-state index < -0.39 is 0 Å². The van der Waals surface area contributed by atoms with Gasteiger partial charge in [0.15, 0.2) is 0 Å². The van der Waals surface area contributed by atoms with Crippen molar-refractivity contribution in [1.29, 1.82) is 0 Å². The monoisotopic (exact) mass is 378 g/mol. The maximum atomic E-state index is 9.46. The molecule has 0 fully saturated rings. The van der Waals surface area contributed by atoms with Gasteiger partial charge in [-0.3, -0.25) is 0 Å². The molecule has 0 atom stereocenters. The van der Waals surface area contributed by atoms with Gasteiger partial charge in [-0.1, -0.05) is 23.4 Å². The van der Waals surface area contributed by atoms with E-state index >= 15 is 0 Å². The number of hydrogen-bond donors (Lipinski definition) is 2. The fraction of sp³-hybridized carbons (Fsp3) is 0.143. The quantitative estimate of drug-likeness (QED) is 0.537. The van der Waals surface area contributed by atoms with Crippen molar-refractivity contribution in [3.8, 4) is 34.0 Å².